The smallest absolute Gasteiger partial charge is 0.337 e. The fourth-order valence-electron chi connectivity index (χ4n) is 1.96. The van der Waals surface area contributed by atoms with Gasteiger partial charge in [-0.05, 0) is 31.9 Å². The van der Waals surface area contributed by atoms with Crippen LogP contribution >= 0.6 is 0 Å². The van der Waals surface area contributed by atoms with Crippen molar-refractivity contribution in [3.8, 4) is 0 Å². The second kappa shape index (κ2) is 5.47. The molecule has 2 heterocycles. The van der Waals surface area contributed by atoms with Gasteiger partial charge < -0.3 is 9.84 Å². The summed E-state index contributed by atoms with van der Waals surface area (Å²) in [6.45, 7) is 2.64. The molecule has 1 aliphatic rings. The van der Waals surface area contributed by atoms with Crippen LogP contribution in [-0.2, 0) is 14.8 Å². The molecule has 1 aromatic rings. The van der Waals surface area contributed by atoms with E-state index in [9.17, 15) is 13.2 Å². The lowest BCUT2D eigenvalue weighted by Crippen LogP contribution is -2.40. The summed E-state index contributed by atoms with van der Waals surface area (Å²) >= 11 is 0. The minimum absolute atomic E-state index is 0.0601. The van der Waals surface area contributed by atoms with Gasteiger partial charge in [-0.25, -0.2) is 22.9 Å². The van der Waals surface area contributed by atoms with Crippen molar-refractivity contribution in [3.63, 3.8) is 0 Å². The van der Waals surface area contributed by atoms with E-state index in [1.807, 2.05) is 6.92 Å². The molecule has 0 aliphatic carbocycles. The Kier molecular flexibility index (Phi) is 4.07. The van der Waals surface area contributed by atoms with E-state index in [4.69, 9.17) is 9.84 Å². The van der Waals surface area contributed by atoms with E-state index in [1.54, 1.807) is 0 Å². The molecule has 0 radical (unpaired) electrons. The highest BCUT2D eigenvalue weighted by molar-refractivity contribution is 7.89. The van der Waals surface area contributed by atoms with E-state index in [0.717, 1.165) is 19.0 Å². The van der Waals surface area contributed by atoms with Crippen LogP contribution in [0.5, 0.6) is 0 Å². The Morgan fingerprint density at radius 1 is 1.55 bits per heavy atom. The molecule has 1 atom stereocenters. The van der Waals surface area contributed by atoms with Crippen LogP contribution in [0.15, 0.2) is 23.4 Å². The topological polar surface area (TPSA) is 106 Å². The molecule has 0 saturated carbocycles. The number of rotatable bonds is 5. The number of aromatic nitrogens is 1. The number of nitrogens with zero attached hydrogens (tertiary/aromatic N) is 1. The van der Waals surface area contributed by atoms with E-state index >= 15 is 0 Å². The van der Waals surface area contributed by atoms with E-state index in [-0.39, 0.29) is 17.1 Å². The van der Waals surface area contributed by atoms with Gasteiger partial charge in [-0.15, -0.1) is 0 Å². The monoisotopic (exact) mass is 300 g/mol. The standard InChI is InChI=1S/C12H16N2O5S/c1-12(5-2-6-19-12)8-14-20(17,18)10-4-3-9(7-13-10)11(15)16/h3-4,7,14H,2,5-6,8H2,1H3,(H,15,16). The van der Waals surface area contributed by atoms with Crippen molar-refractivity contribution in [2.45, 2.75) is 30.4 Å². The van der Waals surface area contributed by atoms with Crippen LogP contribution in [0.25, 0.3) is 0 Å². The average molecular weight is 300 g/mol. The third-order valence-electron chi connectivity index (χ3n) is 3.20. The first-order valence-corrected chi connectivity index (χ1v) is 7.64. The lowest BCUT2D eigenvalue weighted by Gasteiger charge is -2.23. The Bertz CT molecular complexity index is 591. The van der Waals surface area contributed by atoms with Crippen molar-refractivity contribution >= 4 is 16.0 Å². The Morgan fingerprint density at radius 2 is 2.30 bits per heavy atom. The molecule has 2 N–H and O–H groups in total. The van der Waals surface area contributed by atoms with Gasteiger partial charge in [0.15, 0.2) is 5.03 Å². The van der Waals surface area contributed by atoms with Crippen molar-refractivity contribution in [2.75, 3.05) is 13.2 Å². The van der Waals surface area contributed by atoms with Gasteiger partial charge in [-0.1, -0.05) is 0 Å². The van der Waals surface area contributed by atoms with Crippen molar-refractivity contribution in [3.05, 3.63) is 23.9 Å². The first-order valence-electron chi connectivity index (χ1n) is 6.15. The molecule has 1 aromatic heterocycles. The van der Waals surface area contributed by atoms with Gasteiger partial charge in [0.05, 0.1) is 11.2 Å². The van der Waals surface area contributed by atoms with Crippen molar-refractivity contribution in [2.24, 2.45) is 0 Å². The van der Waals surface area contributed by atoms with Crippen LogP contribution in [0.2, 0.25) is 0 Å². The number of carbonyl (C=O) groups is 1. The number of ether oxygens (including phenoxy) is 1. The molecule has 0 spiro atoms. The third kappa shape index (κ3) is 3.33. The predicted molar refractivity (Wildman–Crippen MR) is 70.0 cm³/mol. The van der Waals surface area contributed by atoms with Crippen molar-refractivity contribution in [1.29, 1.82) is 0 Å². The molecule has 1 unspecified atom stereocenters. The number of nitrogens with one attached hydrogen (secondary N) is 1. The van der Waals surface area contributed by atoms with E-state index in [2.05, 4.69) is 9.71 Å². The first kappa shape index (κ1) is 14.9. The van der Waals surface area contributed by atoms with E-state index in [0.29, 0.717) is 6.61 Å². The second-order valence-corrected chi connectivity index (χ2v) is 6.63. The lowest BCUT2D eigenvalue weighted by atomic mass is 10.0. The third-order valence-corrected chi connectivity index (χ3v) is 4.51. The highest BCUT2D eigenvalue weighted by Crippen LogP contribution is 2.24. The molecule has 1 fully saturated rings. The molecular formula is C12H16N2O5S. The van der Waals surface area contributed by atoms with Gasteiger partial charge in [0.25, 0.3) is 10.0 Å². The maximum absolute atomic E-state index is 12.0. The molecule has 2 rings (SSSR count). The van der Waals surface area contributed by atoms with Gasteiger partial charge in [0.1, 0.15) is 0 Å². The largest absolute Gasteiger partial charge is 0.478 e. The Hall–Kier alpha value is -1.51. The number of sulfonamides is 1. The quantitative estimate of drug-likeness (QED) is 0.826. The average Bonchev–Trinajstić information content (AvgIpc) is 2.84. The normalized spacial score (nSPS) is 22.9. The molecule has 0 aromatic carbocycles. The summed E-state index contributed by atoms with van der Waals surface area (Å²) in [6.07, 6.45) is 2.72. The van der Waals surface area contributed by atoms with Crippen LogP contribution < -0.4 is 4.72 Å². The Morgan fingerprint density at radius 3 is 2.80 bits per heavy atom. The van der Waals surface area contributed by atoms with E-state index in [1.165, 1.54) is 12.1 Å². The van der Waals surface area contributed by atoms with Crippen LogP contribution in [0.1, 0.15) is 30.1 Å². The molecule has 0 amide bonds. The summed E-state index contributed by atoms with van der Waals surface area (Å²) in [6, 6.07) is 2.38. The summed E-state index contributed by atoms with van der Waals surface area (Å²) in [4.78, 5) is 14.3. The van der Waals surface area contributed by atoms with Crippen molar-refractivity contribution in [1.82, 2.24) is 9.71 Å². The summed E-state index contributed by atoms with van der Waals surface area (Å²) in [5.74, 6) is -1.15. The molecule has 20 heavy (non-hydrogen) atoms. The Balaban J connectivity index is 2.08. The minimum atomic E-state index is -3.76. The zero-order chi connectivity index (χ0) is 14.8. The van der Waals surface area contributed by atoms with Gasteiger partial charge in [-0.3, -0.25) is 0 Å². The maximum atomic E-state index is 12.0. The number of aromatic carboxylic acids is 1. The van der Waals surface area contributed by atoms with Gasteiger partial charge in [0, 0.05) is 19.3 Å². The SMILES string of the molecule is CC1(CNS(=O)(=O)c2ccc(C(=O)O)cn2)CCCO1. The summed E-state index contributed by atoms with van der Waals surface area (Å²) < 4.78 is 32.0. The number of hydrogen-bond acceptors (Lipinski definition) is 5. The summed E-state index contributed by atoms with van der Waals surface area (Å²) in [7, 11) is -3.76. The molecule has 1 saturated heterocycles. The van der Waals surface area contributed by atoms with E-state index < -0.39 is 21.6 Å². The number of pyridine rings is 1. The summed E-state index contributed by atoms with van der Waals surface area (Å²) in [5.41, 5.74) is -0.552. The van der Waals surface area contributed by atoms with Gasteiger partial charge in [0.2, 0.25) is 0 Å². The van der Waals surface area contributed by atoms with Crippen LogP contribution in [0.4, 0.5) is 0 Å². The minimum Gasteiger partial charge on any atom is -0.478 e. The molecule has 8 heteroatoms. The fraction of sp³-hybridized carbons (Fsp3) is 0.500. The second-order valence-electron chi connectivity index (χ2n) is 4.92. The van der Waals surface area contributed by atoms with Gasteiger partial charge in [-0.2, -0.15) is 0 Å². The highest BCUT2D eigenvalue weighted by atomic mass is 32.2. The predicted octanol–water partition coefficient (Wildman–Crippen LogP) is 0.627. The van der Waals surface area contributed by atoms with Crippen LogP contribution in [0.3, 0.4) is 0 Å². The number of hydrogen-bond donors (Lipinski definition) is 2. The van der Waals surface area contributed by atoms with Crippen LogP contribution in [0, 0.1) is 0 Å². The maximum Gasteiger partial charge on any atom is 0.337 e. The zero-order valence-corrected chi connectivity index (χ0v) is 11.8. The first-order chi connectivity index (χ1) is 9.32. The van der Waals surface area contributed by atoms with Gasteiger partial charge >= 0.3 is 5.97 Å². The lowest BCUT2D eigenvalue weighted by molar-refractivity contribution is 0.0250. The molecule has 110 valence electrons. The van der Waals surface area contributed by atoms with Crippen molar-refractivity contribution < 1.29 is 23.1 Å². The number of carboxylic acids is 1. The molecule has 0 bridgehead atoms. The summed E-state index contributed by atoms with van der Waals surface area (Å²) in [5, 5.41) is 8.53. The fourth-order valence-corrected chi connectivity index (χ4v) is 3.05. The molecule has 7 nitrogen and oxygen atoms in total. The zero-order valence-electron chi connectivity index (χ0n) is 11.0. The Labute approximate surface area is 117 Å². The highest BCUT2D eigenvalue weighted by Gasteiger charge is 2.31. The van der Waals surface area contributed by atoms with Crippen LogP contribution in [-0.4, -0.2) is 43.2 Å². The molecule has 1 aliphatic heterocycles. The number of carboxylic acid groups (broad SMARTS) is 1. The molecular weight excluding hydrogens is 284 g/mol.